The van der Waals surface area contributed by atoms with Crippen LogP contribution in [-0.2, 0) is 4.79 Å². The first-order valence-corrected chi connectivity index (χ1v) is 4.23. The Balaban J connectivity index is 2.84. The van der Waals surface area contributed by atoms with Gasteiger partial charge in [-0.2, -0.15) is 8.78 Å². The van der Waals surface area contributed by atoms with Crippen LogP contribution in [0.2, 0.25) is 0 Å². The molecule has 1 aromatic heterocycles. The molecule has 0 aromatic carbocycles. The predicted octanol–water partition coefficient (Wildman–Crippen LogP) is 2.23. The molecule has 1 N–H and O–H groups in total. The van der Waals surface area contributed by atoms with E-state index in [1.165, 1.54) is 25.4 Å². The van der Waals surface area contributed by atoms with E-state index in [9.17, 15) is 22.4 Å². The van der Waals surface area contributed by atoms with E-state index in [1.54, 1.807) is 5.32 Å². The minimum atomic E-state index is -4.70. The smallest absolute Gasteiger partial charge is 0.320 e. The summed E-state index contributed by atoms with van der Waals surface area (Å²) >= 11 is 0. The van der Waals surface area contributed by atoms with Gasteiger partial charge in [0.25, 0.3) is 0 Å². The van der Waals surface area contributed by atoms with Gasteiger partial charge in [-0.15, -0.1) is 0 Å². The van der Waals surface area contributed by atoms with Gasteiger partial charge in [-0.05, 0) is 18.6 Å². The van der Waals surface area contributed by atoms with Crippen LogP contribution in [0.5, 0.6) is 0 Å². The van der Waals surface area contributed by atoms with E-state index in [0.29, 0.717) is 5.56 Å². The Labute approximate surface area is 88.5 Å². The van der Waals surface area contributed by atoms with Gasteiger partial charge in [0.2, 0.25) is 0 Å². The van der Waals surface area contributed by atoms with Crippen molar-refractivity contribution in [3.05, 3.63) is 24.0 Å². The molecule has 1 heterocycles. The van der Waals surface area contributed by atoms with E-state index in [-0.39, 0.29) is 5.69 Å². The highest BCUT2D eigenvalue weighted by Gasteiger charge is 2.49. The zero-order valence-electron chi connectivity index (χ0n) is 8.18. The number of halogens is 4. The molecule has 0 aliphatic heterocycles. The fourth-order valence-corrected chi connectivity index (χ4v) is 0.918. The molecular formula is C9H8F4N2O. The van der Waals surface area contributed by atoms with Crippen LogP contribution in [0.3, 0.4) is 0 Å². The number of alkyl halides is 4. The van der Waals surface area contributed by atoms with Gasteiger partial charge in [-0.1, -0.05) is 0 Å². The van der Waals surface area contributed by atoms with E-state index in [0.717, 1.165) is 0 Å². The number of pyridine rings is 1. The Morgan fingerprint density at radius 1 is 1.50 bits per heavy atom. The van der Waals surface area contributed by atoms with Gasteiger partial charge in [0, 0.05) is 18.1 Å². The number of hydrogen-bond donors (Lipinski definition) is 1. The highest BCUT2D eigenvalue weighted by Crippen LogP contribution is 2.25. The fourth-order valence-electron chi connectivity index (χ4n) is 0.918. The van der Waals surface area contributed by atoms with Crippen LogP contribution >= 0.6 is 0 Å². The molecule has 16 heavy (non-hydrogen) atoms. The van der Waals surface area contributed by atoms with Crippen LogP contribution in [0.15, 0.2) is 18.5 Å². The average molecular weight is 236 g/mol. The first-order valence-electron chi connectivity index (χ1n) is 4.23. The number of anilines is 1. The second-order valence-electron chi connectivity index (χ2n) is 3.07. The molecule has 0 fully saturated rings. The summed E-state index contributed by atoms with van der Waals surface area (Å²) in [4.78, 5) is 14.5. The summed E-state index contributed by atoms with van der Waals surface area (Å²) in [6.07, 6.45) is -1.46. The molecule has 3 nitrogen and oxygen atoms in total. The molecule has 0 aliphatic rings. The molecule has 0 radical (unpaired) electrons. The van der Waals surface area contributed by atoms with Crippen molar-refractivity contribution in [3.8, 4) is 0 Å². The zero-order valence-corrected chi connectivity index (χ0v) is 8.18. The third-order valence-corrected chi connectivity index (χ3v) is 1.85. The van der Waals surface area contributed by atoms with Gasteiger partial charge >= 0.3 is 18.3 Å². The highest BCUT2D eigenvalue weighted by molar-refractivity contribution is 5.96. The quantitative estimate of drug-likeness (QED) is 0.817. The number of carbonyl (C=O) groups is 1. The molecule has 1 rings (SSSR count). The zero-order chi connectivity index (χ0) is 12.3. The van der Waals surface area contributed by atoms with E-state index >= 15 is 0 Å². The van der Waals surface area contributed by atoms with Crippen molar-refractivity contribution in [2.75, 3.05) is 5.32 Å². The van der Waals surface area contributed by atoms with Crippen LogP contribution in [0, 0.1) is 6.92 Å². The number of carbonyl (C=O) groups excluding carboxylic acids is 1. The van der Waals surface area contributed by atoms with Gasteiger partial charge in [-0.3, -0.25) is 9.78 Å². The first-order chi connectivity index (χ1) is 7.35. The number of nitrogens with one attached hydrogen (secondary N) is 1. The largest absolute Gasteiger partial charge is 0.383 e. The van der Waals surface area contributed by atoms with Crippen LogP contribution in [-0.4, -0.2) is 23.2 Å². The summed E-state index contributed by atoms with van der Waals surface area (Å²) in [6, 6.07) is 1.24. The predicted molar refractivity (Wildman–Crippen MR) is 48.6 cm³/mol. The average Bonchev–Trinajstić information content (AvgIpc) is 2.21. The second-order valence-corrected chi connectivity index (χ2v) is 3.07. The van der Waals surface area contributed by atoms with Crippen molar-refractivity contribution >= 4 is 11.6 Å². The summed E-state index contributed by atoms with van der Waals surface area (Å²) in [7, 11) is 0. The van der Waals surface area contributed by atoms with Gasteiger partial charge in [0.05, 0.1) is 0 Å². The Bertz CT molecular complexity index is 395. The fraction of sp³-hybridized carbons (Fsp3) is 0.333. The Morgan fingerprint density at radius 3 is 2.62 bits per heavy atom. The minimum Gasteiger partial charge on any atom is -0.320 e. The van der Waals surface area contributed by atoms with Crippen molar-refractivity contribution < 1.29 is 22.4 Å². The lowest BCUT2D eigenvalue weighted by Crippen LogP contribution is -2.41. The highest BCUT2D eigenvalue weighted by atomic mass is 19.3. The van der Waals surface area contributed by atoms with Crippen LogP contribution in [0.1, 0.15) is 5.56 Å². The minimum absolute atomic E-state index is 0.0281. The molecule has 0 saturated heterocycles. The van der Waals surface area contributed by atoms with Crippen LogP contribution in [0.4, 0.5) is 23.2 Å². The molecule has 0 unspecified atom stereocenters. The summed E-state index contributed by atoms with van der Waals surface area (Å²) in [5.41, 5.74) is 0.432. The maximum atomic E-state index is 12.6. The second kappa shape index (κ2) is 4.46. The molecular weight excluding hydrogens is 228 g/mol. The molecule has 7 heteroatoms. The van der Waals surface area contributed by atoms with E-state index in [2.05, 4.69) is 4.98 Å². The molecule has 88 valence electrons. The van der Waals surface area contributed by atoms with Crippen molar-refractivity contribution in [1.82, 2.24) is 4.98 Å². The lowest BCUT2D eigenvalue weighted by atomic mass is 10.2. The summed E-state index contributed by atoms with van der Waals surface area (Å²) in [5, 5.41) is 1.72. The number of nitrogens with zero attached hydrogens (tertiary/aromatic N) is 1. The molecule has 0 aliphatic carbocycles. The number of aryl methyl sites for hydroxylation is 1. The van der Waals surface area contributed by atoms with Gasteiger partial charge < -0.3 is 5.32 Å². The molecule has 1 amide bonds. The number of aromatic nitrogens is 1. The molecule has 1 aromatic rings. The standard InChI is InChI=1S/C9H8F4N2O/c1-5-4-14-3-2-6(5)15-8(16)9(12,13)7(10)11/h2-4,7H,1H3,(H,14,15,16). The Kier molecular flexibility index (Phi) is 3.46. The SMILES string of the molecule is Cc1cnccc1NC(=O)C(F)(F)C(F)F. The van der Waals surface area contributed by atoms with Crippen LogP contribution < -0.4 is 5.32 Å². The monoisotopic (exact) mass is 236 g/mol. The van der Waals surface area contributed by atoms with Crippen molar-refractivity contribution in [2.24, 2.45) is 0 Å². The Hall–Kier alpha value is -1.66. The lowest BCUT2D eigenvalue weighted by molar-refractivity contribution is -0.163. The summed E-state index contributed by atoms with van der Waals surface area (Å²) in [5.74, 6) is -6.73. The molecule has 0 atom stereocenters. The van der Waals surface area contributed by atoms with Crippen molar-refractivity contribution in [1.29, 1.82) is 0 Å². The van der Waals surface area contributed by atoms with Gasteiger partial charge in [0.15, 0.2) is 0 Å². The topological polar surface area (TPSA) is 42.0 Å². The van der Waals surface area contributed by atoms with E-state index in [4.69, 9.17) is 0 Å². The van der Waals surface area contributed by atoms with E-state index < -0.39 is 18.3 Å². The molecule has 0 saturated carbocycles. The number of hydrogen-bond acceptors (Lipinski definition) is 2. The normalized spacial score (nSPS) is 11.6. The maximum absolute atomic E-state index is 12.6. The lowest BCUT2D eigenvalue weighted by Gasteiger charge is -2.15. The number of rotatable bonds is 3. The first kappa shape index (κ1) is 12.4. The maximum Gasteiger partial charge on any atom is 0.383 e. The third-order valence-electron chi connectivity index (χ3n) is 1.85. The van der Waals surface area contributed by atoms with Crippen molar-refractivity contribution in [3.63, 3.8) is 0 Å². The van der Waals surface area contributed by atoms with Gasteiger partial charge in [-0.25, -0.2) is 8.78 Å². The van der Waals surface area contributed by atoms with E-state index in [1.807, 2.05) is 0 Å². The summed E-state index contributed by atoms with van der Waals surface area (Å²) < 4.78 is 48.8. The van der Waals surface area contributed by atoms with Crippen molar-refractivity contribution in [2.45, 2.75) is 19.3 Å². The number of amides is 1. The van der Waals surface area contributed by atoms with Crippen LogP contribution in [0.25, 0.3) is 0 Å². The molecule has 0 spiro atoms. The van der Waals surface area contributed by atoms with Gasteiger partial charge in [0.1, 0.15) is 0 Å². The Morgan fingerprint density at radius 2 is 2.12 bits per heavy atom. The summed E-state index contributed by atoms with van der Waals surface area (Å²) in [6.45, 7) is 1.50. The molecule has 0 bridgehead atoms. The third kappa shape index (κ3) is 2.47.